The Labute approximate surface area is 108 Å². The zero-order valence-electron chi connectivity index (χ0n) is 11.1. The highest BCUT2D eigenvalue weighted by atomic mass is 19.3. The van der Waals surface area contributed by atoms with E-state index < -0.39 is 12.5 Å². The highest BCUT2D eigenvalue weighted by molar-refractivity contribution is 5.75. The number of rotatable bonds is 11. The van der Waals surface area contributed by atoms with Crippen LogP contribution in [0.1, 0.15) is 58.3 Å². The minimum absolute atomic E-state index is 0.261. The number of nitrogens with one attached hydrogen (secondary N) is 1. The molecule has 0 aromatic rings. The van der Waals surface area contributed by atoms with Crippen molar-refractivity contribution < 1.29 is 18.7 Å². The van der Waals surface area contributed by atoms with Gasteiger partial charge in [0.25, 0.3) is 6.43 Å². The molecule has 0 rings (SSSR count). The van der Waals surface area contributed by atoms with Gasteiger partial charge in [0.05, 0.1) is 0 Å². The molecule has 0 saturated heterocycles. The van der Waals surface area contributed by atoms with E-state index in [1.165, 1.54) is 25.7 Å². The Morgan fingerprint density at radius 2 is 1.67 bits per heavy atom. The van der Waals surface area contributed by atoms with E-state index in [1.54, 1.807) is 0 Å². The topological polar surface area (TPSA) is 49.3 Å². The highest BCUT2D eigenvalue weighted by Gasteiger charge is 2.16. The molecule has 5 heteroatoms. The zero-order valence-corrected chi connectivity index (χ0v) is 11.1. The van der Waals surface area contributed by atoms with E-state index in [1.807, 2.05) is 0 Å². The van der Waals surface area contributed by atoms with Crippen LogP contribution >= 0.6 is 0 Å². The van der Waals surface area contributed by atoms with Gasteiger partial charge in [0, 0.05) is 13.0 Å². The maximum absolute atomic E-state index is 11.9. The van der Waals surface area contributed by atoms with Crippen molar-refractivity contribution in [2.45, 2.75) is 70.8 Å². The van der Waals surface area contributed by atoms with Gasteiger partial charge in [-0.3, -0.25) is 4.79 Å². The fraction of sp³-hybridized carbons (Fsp3) is 0.923. The second kappa shape index (κ2) is 11.4. The lowest BCUT2D eigenvalue weighted by molar-refractivity contribution is -0.122. The van der Waals surface area contributed by atoms with Crippen LogP contribution in [0.3, 0.4) is 0 Å². The molecule has 1 amide bonds. The Morgan fingerprint density at radius 3 is 2.22 bits per heavy atom. The fourth-order valence-electron chi connectivity index (χ4n) is 1.64. The molecule has 0 saturated carbocycles. The van der Waals surface area contributed by atoms with E-state index in [9.17, 15) is 13.6 Å². The monoisotopic (exact) mass is 265 g/mol. The first-order valence-electron chi connectivity index (χ1n) is 6.80. The van der Waals surface area contributed by atoms with Gasteiger partial charge in [0.15, 0.2) is 0 Å². The van der Waals surface area contributed by atoms with Gasteiger partial charge in [0.2, 0.25) is 5.91 Å². The zero-order chi connectivity index (χ0) is 13.8. The average molecular weight is 265 g/mol. The number of hydrogen-bond donors (Lipinski definition) is 2. The van der Waals surface area contributed by atoms with E-state index in [0.717, 1.165) is 19.3 Å². The highest BCUT2D eigenvalue weighted by Crippen LogP contribution is 2.08. The summed E-state index contributed by atoms with van der Waals surface area (Å²) in [6.45, 7) is 1.80. The third kappa shape index (κ3) is 10.4. The van der Waals surface area contributed by atoms with Gasteiger partial charge in [-0.25, -0.2) is 8.78 Å². The summed E-state index contributed by atoms with van der Waals surface area (Å²) in [5, 5.41) is 11.1. The number of aliphatic hydroxyl groups is 1. The maximum atomic E-state index is 11.9. The molecule has 1 atom stereocenters. The second-order valence-corrected chi connectivity index (χ2v) is 4.58. The molecule has 0 spiro atoms. The lowest BCUT2D eigenvalue weighted by Crippen LogP contribution is -2.35. The predicted octanol–water partition coefficient (Wildman–Crippen LogP) is 2.87. The number of aliphatic hydroxyl groups excluding tert-OH is 1. The van der Waals surface area contributed by atoms with Gasteiger partial charge in [-0.05, 0) is 6.42 Å². The van der Waals surface area contributed by atoms with E-state index in [-0.39, 0.29) is 12.5 Å². The first kappa shape index (κ1) is 17.3. The standard InChI is InChI=1S/C13H25F2NO2/c1-2-3-4-5-6-7-8-9-12(18)16-10-11(17)13(14)15/h11,13,17H,2-10H2,1H3,(H,16,18). The molecule has 0 aliphatic carbocycles. The van der Waals surface area contributed by atoms with Gasteiger partial charge >= 0.3 is 0 Å². The van der Waals surface area contributed by atoms with Crippen molar-refractivity contribution >= 4 is 5.91 Å². The minimum atomic E-state index is -2.80. The van der Waals surface area contributed by atoms with Crippen LogP contribution < -0.4 is 5.32 Å². The first-order chi connectivity index (χ1) is 8.57. The van der Waals surface area contributed by atoms with E-state index in [0.29, 0.717) is 6.42 Å². The summed E-state index contributed by atoms with van der Waals surface area (Å²) in [5.74, 6) is -0.261. The number of unbranched alkanes of at least 4 members (excludes halogenated alkanes) is 6. The first-order valence-corrected chi connectivity index (χ1v) is 6.80. The minimum Gasteiger partial charge on any atom is -0.385 e. The van der Waals surface area contributed by atoms with Crippen LogP contribution in [0.2, 0.25) is 0 Å². The summed E-state index contributed by atoms with van der Waals surface area (Å²) >= 11 is 0. The van der Waals surface area contributed by atoms with Crippen LogP contribution in [0, 0.1) is 0 Å². The molecule has 0 fully saturated rings. The van der Waals surface area contributed by atoms with Crippen molar-refractivity contribution in [3.8, 4) is 0 Å². The molecular formula is C13H25F2NO2. The molecule has 2 N–H and O–H groups in total. The van der Waals surface area contributed by atoms with E-state index in [2.05, 4.69) is 12.2 Å². The molecule has 0 bridgehead atoms. The summed E-state index contributed by atoms with van der Waals surface area (Å²) in [6, 6.07) is 0. The van der Waals surface area contributed by atoms with Crippen LogP contribution in [-0.2, 0) is 4.79 Å². The van der Waals surface area contributed by atoms with Crippen LogP contribution in [-0.4, -0.2) is 30.1 Å². The Hall–Kier alpha value is -0.710. The van der Waals surface area contributed by atoms with Crippen LogP contribution in [0.25, 0.3) is 0 Å². The van der Waals surface area contributed by atoms with Crippen molar-refractivity contribution in [3.63, 3.8) is 0 Å². The number of alkyl halides is 2. The SMILES string of the molecule is CCCCCCCCCC(=O)NCC(O)C(F)F. The molecule has 1 unspecified atom stereocenters. The maximum Gasteiger partial charge on any atom is 0.265 e. The normalized spacial score (nSPS) is 12.7. The summed E-state index contributed by atoms with van der Waals surface area (Å²) < 4.78 is 23.9. The van der Waals surface area contributed by atoms with E-state index >= 15 is 0 Å². The third-order valence-electron chi connectivity index (χ3n) is 2.81. The molecule has 108 valence electrons. The van der Waals surface area contributed by atoms with Gasteiger partial charge in [-0.1, -0.05) is 45.4 Å². The van der Waals surface area contributed by atoms with Gasteiger partial charge < -0.3 is 10.4 Å². The van der Waals surface area contributed by atoms with Crippen molar-refractivity contribution in [3.05, 3.63) is 0 Å². The molecule has 0 aromatic heterocycles. The van der Waals surface area contributed by atoms with Gasteiger partial charge in [-0.2, -0.15) is 0 Å². The van der Waals surface area contributed by atoms with Crippen molar-refractivity contribution in [2.24, 2.45) is 0 Å². The lowest BCUT2D eigenvalue weighted by Gasteiger charge is -2.10. The fourth-order valence-corrected chi connectivity index (χ4v) is 1.64. The Kier molecular flexibility index (Phi) is 10.9. The van der Waals surface area contributed by atoms with Gasteiger partial charge in [0.1, 0.15) is 6.10 Å². The third-order valence-corrected chi connectivity index (χ3v) is 2.81. The number of halogens is 2. The Balaban J connectivity index is 3.32. The summed E-state index contributed by atoms with van der Waals surface area (Å²) in [4.78, 5) is 11.2. The quantitative estimate of drug-likeness (QED) is 0.564. The van der Waals surface area contributed by atoms with Crippen LogP contribution in [0.4, 0.5) is 8.78 Å². The molecule has 0 radical (unpaired) electrons. The smallest absolute Gasteiger partial charge is 0.265 e. The average Bonchev–Trinajstić information content (AvgIpc) is 2.34. The van der Waals surface area contributed by atoms with E-state index in [4.69, 9.17) is 5.11 Å². The van der Waals surface area contributed by atoms with Crippen LogP contribution in [0.15, 0.2) is 0 Å². The van der Waals surface area contributed by atoms with Gasteiger partial charge in [-0.15, -0.1) is 0 Å². The lowest BCUT2D eigenvalue weighted by atomic mass is 10.1. The molecule has 0 aromatic carbocycles. The van der Waals surface area contributed by atoms with Crippen molar-refractivity contribution in [1.82, 2.24) is 5.32 Å². The molecule has 0 heterocycles. The van der Waals surface area contributed by atoms with Crippen molar-refractivity contribution in [1.29, 1.82) is 0 Å². The summed E-state index contributed by atoms with van der Waals surface area (Å²) in [7, 11) is 0. The Bertz CT molecular complexity index is 213. The number of carbonyl (C=O) groups excluding carboxylic acids is 1. The number of hydrogen-bond acceptors (Lipinski definition) is 2. The second-order valence-electron chi connectivity index (χ2n) is 4.58. The predicted molar refractivity (Wildman–Crippen MR) is 67.6 cm³/mol. The van der Waals surface area contributed by atoms with Crippen molar-refractivity contribution in [2.75, 3.05) is 6.54 Å². The largest absolute Gasteiger partial charge is 0.385 e. The molecule has 0 aliphatic heterocycles. The molecule has 3 nitrogen and oxygen atoms in total. The number of carbonyl (C=O) groups is 1. The molecule has 0 aliphatic rings. The molecule has 18 heavy (non-hydrogen) atoms. The molecular weight excluding hydrogens is 240 g/mol. The summed E-state index contributed by atoms with van der Waals surface area (Å²) in [6.07, 6.45) is 3.59. The summed E-state index contributed by atoms with van der Waals surface area (Å²) in [5.41, 5.74) is 0. The number of amides is 1. The van der Waals surface area contributed by atoms with Crippen LogP contribution in [0.5, 0.6) is 0 Å². The Morgan fingerprint density at radius 1 is 1.11 bits per heavy atom.